The topological polar surface area (TPSA) is 47.3 Å². The van der Waals surface area contributed by atoms with Crippen molar-refractivity contribution in [3.05, 3.63) is 68.9 Å². The number of fused-ring (bicyclic) bond motifs is 1. The van der Waals surface area contributed by atoms with Crippen molar-refractivity contribution >= 4 is 29.0 Å². The number of rotatable bonds is 3. The SMILES string of the molecule is CC(c1ccccc1)N1CSC2=C(C#N)C(c3cccs3)CC(=O)N2C1. The number of allylic oxidation sites excluding steroid dienone is 1. The van der Waals surface area contributed by atoms with E-state index in [1.807, 2.05) is 35.7 Å². The molecule has 1 aromatic heterocycles. The highest BCUT2D eigenvalue weighted by atomic mass is 32.2. The van der Waals surface area contributed by atoms with E-state index in [4.69, 9.17) is 0 Å². The molecule has 0 N–H and O–H groups in total. The number of thioether (sulfide) groups is 1. The third-order valence-electron chi connectivity index (χ3n) is 5.03. The van der Waals surface area contributed by atoms with Crippen LogP contribution in [0.5, 0.6) is 0 Å². The summed E-state index contributed by atoms with van der Waals surface area (Å²) in [6, 6.07) is 16.9. The van der Waals surface area contributed by atoms with E-state index in [1.165, 1.54) is 5.56 Å². The van der Waals surface area contributed by atoms with E-state index in [0.29, 0.717) is 13.1 Å². The normalized spacial score (nSPS) is 22.1. The minimum Gasteiger partial charge on any atom is -0.292 e. The van der Waals surface area contributed by atoms with Gasteiger partial charge in [0, 0.05) is 23.3 Å². The number of nitrogens with zero attached hydrogens (tertiary/aromatic N) is 3. The summed E-state index contributed by atoms with van der Waals surface area (Å²) in [5.41, 5.74) is 1.98. The van der Waals surface area contributed by atoms with Crippen LogP contribution in [0.25, 0.3) is 0 Å². The Balaban J connectivity index is 1.61. The molecular weight excluding hydrogens is 362 g/mol. The quantitative estimate of drug-likeness (QED) is 0.784. The first-order valence-corrected chi connectivity index (χ1v) is 10.5. The standard InChI is InChI=1S/C20H19N3OS2/c1-14(15-6-3-2-4-7-15)22-12-23-19(24)10-16(18-8-5-9-25-18)17(11-21)20(23)26-13-22/h2-9,14,16H,10,12-13H2,1H3. The van der Waals surface area contributed by atoms with Crippen LogP contribution in [0.3, 0.4) is 0 Å². The van der Waals surface area contributed by atoms with Gasteiger partial charge in [0.05, 0.1) is 29.2 Å². The van der Waals surface area contributed by atoms with Gasteiger partial charge >= 0.3 is 0 Å². The minimum absolute atomic E-state index is 0.0932. The molecule has 2 aliphatic rings. The summed E-state index contributed by atoms with van der Waals surface area (Å²) in [6.45, 7) is 2.71. The number of thiophene rings is 1. The molecule has 0 aliphatic carbocycles. The third-order valence-corrected chi connectivity index (χ3v) is 7.19. The second kappa shape index (κ2) is 7.28. The maximum Gasteiger partial charge on any atom is 0.229 e. The fourth-order valence-corrected chi connectivity index (χ4v) is 5.58. The molecule has 4 nitrogen and oxygen atoms in total. The van der Waals surface area contributed by atoms with Crippen molar-refractivity contribution in [3.8, 4) is 6.07 Å². The lowest BCUT2D eigenvalue weighted by molar-refractivity contribution is -0.132. The largest absolute Gasteiger partial charge is 0.292 e. The highest BCUT2D eigenvalue weighted by molar-refractivity contribution is 8.03. The van der Waals surface area contributed by atoms with Gasteiger partial charge in [-0.25, -0.2) is 0 Å². The van der Waals surface area contributed by atoms with Crippen molar-refractivity contribution in [2.75, 3.05) is 12.5 Å². The molecule has 1 aromatic carbocycles. The van der Waals surface area contributed by atoms with Crippen LogP contribution in [0.15, 0.2) is 58.4 Å². The Morgan fingerprint density at radius 1 is 1.23 bits per heavy atom. The summed E-state index contributed by atoms with van der Waals surface area (Å²) in [6.07, 6.45) is 0.376. The maximum atomic E-state index is 12.8. The van der Waals surface area contributed by atoms with Crippen molar-refractivity contribution in [1.82, 2.24) is 9.80 Å². The number of carbonyl (C=O) groups is 1. The first-order valence-electron chi connectivity index (χ1n) is 8.59. The molecule has 0 saturated carbocycles. The van der Waals surface area contributed by atoms with Crippen LogP contribution < -0.4 is 0 Å². The second-order valence-electron chi connectivity index (χ2n) is 6.51. The van der Waals surface area contributed by atoms with Gasteiger partial charge in [-0.15, -0.1) is 11.3 Å². The molecule has 0 bridgehead atoms. The Hall–Kier alpha value is -2.07. The monoisotopic (exact) mass is 381 g/mol. The Labute approximate surface area is 161 Å². The molecule has 0 spiro atoms. The van der Waals surface area contributed by atoms with Gasteiger partial charge in [-0.2, -0.15) is 5.26 Å². The van der Waals surface area contributed by atoms with Crippen LogP contribution in [-0.4, -0.2) is 28.3 Å². The molecule has 132 valence electrons. The summed E-state index contributed by atoms with van der Waals surface area (Å²) in [4.78, 5) is 18.0. The molecule has 1 saturated heterocycles. The number of nitriles is 1. The van der Waals surface area contributed by atoms with E-state index in [9.17, 15) is 10.1 Å². The minimum atomic E-state index is -0.0932. The number of carbonyl (C=O) groups excluding carboxylic acids is 1. The van der Waals surface area contributed by atoms with E-state index in [0.717, 1.165) is 21.4 Å². The summed E-state index contributed by atoms with van der Waals surface area (Å²) in [5.74, 6) is 0.788. The van der Waals surface area contributed by atoms with Crippen LogP contribution in [0, 0.1) is 11.3 Å². The van der Waals surface area contributed by atoms with Gasteiger partial charge < -0.3 is 0 Å². The van der Waals surface area contributed by atoms with Gasteiger partial charge in [0.25, 0.3) is 0 Å². The van der Waals surface area contributed by atoms with Gasteiger partial charge in [-0.3, -0.25) is 14.6 Å². The first kappa shape index (κ1) is 17.3. The van der Waals surface area contributed by atoms with Crippen molar-refractivity contribution in [2.24, 2.45) is 0 Å². The molecule has 26 heavy (non-hydrogen) atoms. The third kappa shape index (κ3) is 3.07. The van der Waals surface area contributed by atoms with Crippen LogP contribution in [0.2, 0.25) is 0 Å². The Kier molecular flexibility index (Phi) is 4.86. The lowest BCUT2D eigenvalue weighted by Crippen LogP contribution is -2.47. The van der Waals surface area contributed by atoms with E-state index >= 15 is 0 Å². The van der Waals surface area contributed by atoms with Crippen LogP contribution in [0.4, 0.5) is 0 Å². The Bertz CT molecular complexity index is 870. The summed E-state index contributed by atoms with van der Waals surface area (Å²) in [7, 11) is 0. The Morgan fingerprint density at radius 2 is 2.04 bits per heavy atom. The molecule has 2 atom stereocenters. The predicted octanol–water partition coefficient (Wildman–Crippen LogP) is 4.52. The molecule has 1 amide bonds. The van der Waals surface area contributed by atoms with Gasteiger partial charge in [-0.05, 0) is 23.9 Å². The number of hydrogen-bond acceptors (Lipinski definition) is 5. The van der Waals surface area contributed by atoms with Gasteiger partial charge in [0.2, 0.25) is 5.91 Å². The highest BCUT2D eigenvalue weighted by Gasteiger charge is 2.39. The van der Waals surface area contributed by atoms with Crippen LogP contribution >= 0.6 is 23.1 Å². The molecule has 1 fully saturated rings. The van der Waals surface area contributed by atoms with Crippen LogP contribution in [-0.2, 0) is 4.79 Å². The van der Waals surface area contributed by atoms with Gasteiger partial charge in [-0.1, -0.05) is 48.2 Å². The zero-order valence-corrected chi connectivity index (χ0v) is 16.1. The van der Waals surface area contributed by atoms with Crippen molar-refractivity contribution in [3.63, 3.8) is 0 Å². The zero-order valence-electron chi connectivity index (χ0n) is 14.5. The van der Waals surface area contributed by atoms with E-state index in [-0.39, 0.29) is 17.9 Å². The fraction of sp³-hybridized carbons (Fsp3) is 0.300. The molecular formula is C20H19N3OS2. The van der Waals surface area contributed by atoms with Gasteiger partial charge in [0.15, 0.2) is 0 Å². The molecule has 3 heterocycles. The average molecular weight is 382 g/mol. The van der Waals surface area contributed by atoms with E-state index < -0.39 is 0 Å². The summed E-state index contributed by atoms with van der Waals surface area (Å²) in [5, 5.41) is 12.6. The summed E-state index contributed by atoms with van der Waals surface area (Å²) >= 11 is 3.23. The van der Waals surface area contributed by atoms with E-state index in [2.05, 4.69) is 30.0 Å². The van der Waals surface area contributed by atoms with Crippen molar-refractivity contribution in [2.45, 2.75) is 25.3 Å². The highest BCUT2D eigenvalue weighted by Crippen LogP contribution is 2.44. The number of hydrogen-bond donors (Lipinski definition) is 0. The van der Waals surface area contributed by atoms with Crippen molar-refractivity contribution in [1.29, 1.82) is 5.26 Å². The molecule has 2 aromatic rings. The molecule has 2 aliphatic heterocycles. The van der Waals surface area contributed by atoms with E-state index in [1.54, 1.807) is 28.0 Å². The summed E-state index contributed by atoms with van der Waals surface area (Å²) < 4.78 is 0. The van der Waals surface area contributed by atoms with Crippen LogP contribution in [0.1, 0.15) is 35.7 Å². The van der Waals surface area contributed by atoms with Crippen molar-refractivity contribution < 1.29 is 4.79 Å². The molecule has 2 unspecified atom stereocenters. The molecule has 6 heteroatoms. The zero-order chi connectivity index (χ0) is 18.1. The first-order chi connectivity index (χ1) is 12.7. The smallest absolute Gasteiger partial charge is 0.229 e. The lowest BCUT2D eigenvalue weighted by Gasteiger charge is -2.43. The predicted molar refractivity (Wildman–Crippen MR) is 105 cm³/mol. The Morgan fingerprint density at radius 3 is 2.73 bits per heavy atom. The second-order valence-corrected chi connectivity index (χ2v) is 8.43. The maximum absolute atomic E-state index is 12.8. The molecule has 4 rings (SSSR count). The number of amides is 1. The fourth-order valence-electron chi connectivity index (χ4n) is 3.49. The molecule has 0 radical (unpaired) electrons. The number of benzene rings is 1. The van der Waals surface area contributed by atoms with Gasteiger partial charge in [0.1, 0.15) is 0 Å². The lowest BCUT2D eigenvalue weighted by atomic mass is 9.92. The average Bonchev–Trinajstić information content (AvgIpc) is 3.22.